The molecule has 9 heteroatoms. The molecule has 1 aromatic heterocycles. The van der Waals surface area contributed by atoms with Gasteiger partial charge >= 0.3 is 0 Å². The Morgan fingerprint density at radius 3 is 2.21 bits per heavy atom. The molecule has 0 unspecified atom stereocenters. The maximum Gasteiger partial charge on any atom is 0.255 e. The summed E-state index contributed by atoms with van der Waals surface area (Å²) in [5.41, 5.74) is 2.57. The van der Waals surface area contributed by atoms with Crippen LogP contribution in [0.5, 0.6) is 0 Å². The van der Waals surface area contributed by atoms with Gasteiger partial charge in [-0.25, -0.2) is 17.2 Å². The van der Waals surface area contributed by atoms with Gasteiger partial charge in [0.05, 0.1) is 24.1 Å². The first-order chi connectivity index (χ1) is 18.7. The Hall–Kier alpha value is -4.50. The molecular weight excluding hydrogens is 522 g/mol. The number of furan rings is 1. The van der Waals surface area contributed by atoms with E-state index in [1.165, 1.54) is 49.5 Å². The predicted octanol–water partition coefficient (Wildman–Crippen LogP) is 6.37. The number of carbonyl (C=O) groups excluding carboxylic acids is 1. The third kappa shape index (κ3) is 5.13. The van der Waals surface area contributed by atoms with Crippen LogP contribution in [0.4, 0.5) is 14.5 Å². The van der Waals surface area contributed by atoms with Crippen molar-refractivity contribution >= 4 is 32.6 Å². The van der Waals surface area contributed by atoms with Crippen molar-refractivity contribution < 1.29 is 26.4 Å². The molecule has 0 saturated heterocycles. The van der Waals surface area contributed by atoms with Crippen LogP contribution in [0, 0.1) is 11.6 Å². The summed E-state index contributed by atoms with van der Waals surface area (Å²) in [7, 11) is -2.42. The first kappa shape index (κ1) is 26.1. The van der Waals surface area contributed by atoms with Gasteiger partial charge in [0.15, 0.2) is 0 Å². The molecule has 198 valence electrons. The molecule has 0 saturated carbocycles. The van der Waals surface area contributed by atoms with E-state index in [1.54, 1.807) is 18.2 Å². The number of nitrogens with one attached hydrogen (secondary N) is 1. The molecule has 0 radical (unpaired) electrons. The van der Waals surface area contributed by atoms with Crippen LogP contribution in [0.15, 0.2) is 95.4 Å². The Kier molecular flexibility index (Phi) is 6.93. The number of anilines is 1. The number of fused-ring (bicyclic) bond motifs is 1. The maximum atomic E-state index is 14.6. The average Bonchev–Trinajstić information content (AvgIpc) is 3.30. The van der Waals surface area contributed by atoms with Gasteiger partial charge in [0.2, 0.25) is 10.0 Å². The van der Waals surface area contributed by atoms with Crippen molar-refractivity contribution in [3.8, 4) is 22.5 Å². The second kappa shape index (κ2) is 10.3. The SMILES string of the molecule is CNC(=O)c1c(-c2ccc(F)cc2)oc2cc(N(Cc3ccccc3F)S(C)(=O)=O)c(-c3ccccc3)cc12. The normalized spacial score (nSPS) is 11.5. The number of rotatable bonds is 7. The van der Waals surface area contributed by atoms with E-state index in [0.29, 0.717) is 22.1 Å². The number of benzene rings is 4. The quantitative estimate of drug-likeness (QED) is 0.257. The molecular formula is C30H24F2N2O4S. The number of hydrogen-bond acceptors (Lipinski definition) is 4. The van der Waals surface area contributed by atoms with Crippen LogP contribution in [0.3, 0.4) is 0 Å². The van der Waals surface area contributed by atoms with E-state index in [0.717, 1.165) is 10.6 Å². The highest BCUT2D eigenvalue weighted by molar-refractivity contribution is 7.92. The molecule has 0 atom stereocenters. The summed E-state index contributed by atoms with van der Waals surface area (Å²) in [5.74, 6) is -1.19. The lowest BCUT2D eigenvalue weighted by atomic mass is 9.98. The van der Waals surface area contributed by atoms with Crippen molar-refractivity contribution in [2.24, 2.45) is 0 Å². The molecule has 39 heavy (non-hydrogen) atoms. The summed E-state index contributed by atoms with van der Waals surface area (Å²) in [4.78, 5) is 13.1. The van der Waals surface area contributed by atoms with Crippen LogP contribution in [-0.4, -0.2) is 27.6 Å². The lowest BCUT2D eigenvalue weighted by molar-refractivity contribution is 0.0964. The highest BCUT2D eigenvalue weighted by atomic mass is 32.2. The molecule has 0 aliphatic rings. The molecule has 5 rings (SSSR count). The lowest BCUT2D eigenvalue weighted by Crippen LogP contribution is -2.30. The molecule has 1 heterocycles. The van der Waals surface area contributed by atoms with Crippen molar-refractivity contribution in [2.75, 3.05) is 17.6 Å². The smallest absolute Gasteiger partial charge is 0.255 e. The van der Waals surface area contributed by atoms with E-state index in [2.05, 4.69) is 5.32 Å². The van der Waals surface area contributed by atoms with E-state index >= 15 is 0 Å². The fourth-order valence-corrected chi connectivity index (χ4v) is 5.39. The Balaban J connectivity index is 1.82. The van der Waals surface area contributed by atoms with Gasteiger partial charge in [-0.15, -0.1) is 0 Å². The molecule has 1 amide bonds. The van der Waals surface area contributed by atoms with E-state index < -0.39 is 27.6 Å². The zero-order valence-electron chi connectivity index (χ0n) is 21.1. The second-order valence-corrected chi connectivity index (χ2v) is 10.9. The Morgan fingerprint density at radius 1 is 0.897 bits per heavy atom. The molecule has 0 fully saturated rings. The summed E-state index contributed by atoms with van der Waals surface area (Å²) in [5, 5.41) is 3.06. The van der Waals surface area contributed by atoms with Gasteiger partial charge in [-0.3, -0.25) is 9.10 Å². The zero-order valence-corrected chi connectivity index (χ0v) is 21.9. The molecule has 1 N–H and O–H groups in total. The number of amides is 1. The van der Waals surface area contributed by atoms with Gasteiger partial charge in [-0.1, -0.05) is 48.5 Å². The van der Waals surface area contributed by atoms with Gasteiger partial charge in [0.25, 0.3) is 5.91 Å². The van der Waals surface area contributed by atoms with E-state index in [1.807, 2.05) is 30.3 Å². The lowest BCUT2D eigenvalue weighted by Gasteiger charge is -2.25. The fraction of sp³-hybridized carbons (Fsp3) is 0.100. The van der Waals surface area contributed by atoms with Crippen molar-refractivity contribution in [3.63, 3.8) is 0 Å². The van der Waals surface area contributed by atoms with E-state index in [-0.39, 0.29) is 34.7 Å². The van der Waals surface area contributed by atoms with Crippen LogP contribution < -0.4 is 9.62 Å². The number of sulfonamides is 1. The van der Waals surface area contributed by atoms with E-state index in [9.17, 15) is 22.0 Å². The minimum Gasteiger partial charge on any atom is -0.455 e. The van der Waals surface area contributed by atoms with Crippen molar-refractivity contribution in [1.29, 1.82) is 0 Å². The first-order valence-electron chi connectivity index (χ1n) is 12.0. The number of hydrogen-bond donors (Lipinski definition) is 1. The maximum absolute atomic E-state index is 14.6. The Morgan fingerprint density at radius 2 is 1.56 bits per heavy atom. The number of nitrogens with zero attached hydrogens (tertiary/aromatic N) is 1. The van der Waals surface area contributed by atoms with Crippen LogP contribution >= 0.6 is 0 Å². The first-order valence-corrected chi connectivity index (χ1v) is 13.9. The van der Waals surface area contributed by atoms with Crippen molar-refractivity contribution in [3.05, 3.63) is 114 Å². The highest BCUT2D eigenvalue weighted by Crippen LogP contribution is 2.42. The minimum absolute atomic E-state index is 0.194. The third-order valence-corrected chi connectivity index (χ3v) is 7.52. The number of halogens is 2. The summed E-state index contributed by atoms with van der Waals surface area (Å²) in [6.45, 7) is -0.259. The topological polar surface area (TPSA) is 79.6 Å². The van der Waals surface area contributed by atoms with E-state index in [4.69, 9.17) is 4.42 Å². The summed E-state index contributed by atoms with van der Waals surface area (Å²) in [6, 6.07) is 23.8. The van der Waals surface area contributed by atoms with Crippen LogP contribution in [0.1, 0.15) is 15.9 Å². The molecule has 6 nitrogen and oxygen atoms in total. The summed E-state index contributed by atoms with van der Waals surface area (Å²) in [6.07, 6.45) is 1.05. The Bertz CT molecular complexity index is 1780. The average molecular weight is 547 g/mol. The van der Waals surface area contributed by atoms with Gasteiger partial charge in [-0.05, 0) is 42.0 Å². The molecule has 0 aliphatic heterocycles. The Labute approximate surface area is 224 Å². The highest BCUT2D eigenvalue weighted by Gasteiger charge is 2.28. The van der Waals surface area contributed by atoms with Gasteiger partial charge < -0.3 is 9.73 Å². The zero-order chi connectivity index (χ0) is 27.7. The van der Waals surface area contributed by atoms with Gasteiger partial charge in [0.1, 0.15) is 23.0 Å². The van der Waals surface area contributed by atoms with Crippen LogP contribution in [-0.2, 0) is 16.6 Å². The van der Waals surface area contributed by atoms with Crippen molar-refractivity contribution in [2.45, 2.75) is 6.54 Å². The predicted molar refractivity (Wildman–Crippen MR) is 148 cm³/mol. The second-order valence-electron chi connectivity index (χ2n) is 8.98. The summed E-state index contributed by atoms with van der Waals surface area (Å²) >= 11 is 0. The van der Waals surface area contributed by atoms with Gasteiger partial charge in [0, 0.05) is 35.2 Å². The standard InChI is InChI=1S/C30H24F2N2O4S/c1-33-30(35)28-24-16-23(19-8-4-3-5-9-19)26(17-27(24)38-29(28)20-12-14-22(31)15-13-20)34(39(2,36)37)18-21-10-6-7-11-25(21)32/h3-17H,18H2,1-2H3,(H,33,35). The molecule has 0 aliphatic carbocycles. The molecule has 5 aromatic rings. The summed E-state index contributed by atoms with van der Waals surface area (Å²) < 4.78 is 61.8. The van der Waals surface area contributed by atoms with Crippen molar-refractivity contribution in [1.82, 2.24) is 5.32 Å². The minimum atomic E-state index is -3.91. The third-order valence-electron chi connectivity index (χ3n) is 6.39. The van der Waals surface area contributed by atoms with Crippen LogP contribution in [0.25, 0.3) is 33.4 Å². The fourth-order valence-electron chi connectivity index (χ4n) is 4.50. The van der Waals surface area contributed by atoms with Crippen LogP contribution in [0.2, 0.25) is 0 Å². The largest absolute Gasteiger partial charge is 0.455 e. The molecule has 4 aromatic carbocycles. The molecule has 0 spiro atoms. The van der Waals surface area contributed by atoms with Gasteiger partial charge in [-0.2, -0.15) is 0 Å². The molecule has 0 bridgehead atoms. The monoisotopic (exact) mass is 546 g/mol. The number of carbonyl (C=O) groups is 1.